The van der Waals surface area contributed by atoms with Crippen LogP contribution in [0, 0.1) is 0 Å². The molecule has 1 fully saturated rings. The molecule has 1 aliphatic carbocycles. The van der Waals surface area contributed by atoms with Crippen LogP contribution < -0.4 is 5.32 Å². The first-order valence-corrected chi connectivity index (χ1v) is 7.64. The number of aliphatic hydroxyl groups excluding tert-OH is 1. The second-order valence-electron chi connectivity index (χ2n) is 5.23. The molecule has 0 spiro atoms. The highest BCUT2D eigenvalue weighted by Crippen LogP contribution is 2.30. The third kappa shape index (κ3) is 2.95. The van der Waals surface area contributed by atoms with Crippen LogP contribution in [0.2, 0.25) is 0 Å². The standard InChI is InChI=1S/C15H22BrNO/c1-2-15(11-18,17-14-5-3-4-6-14)12-7-9-13(16)10-8-12/h7-10,14,17-18H,2-6,11H2,1H3. The average Bonchev–Trinajstić information content (AvgIpc) is 2.90. The molecule has 0 saturated heterocycles. The van der Waals surface area contributed by atoms with Crippen LogP contribution in [0.25, 0.3) is 0 Å². The van der Waals surface area contributed by atoms with E-state index in [1.165, 1.54) is 31.2 Å². The molecule has 0 aliphatic heterocycles. The minimum atomic E-state index is -0.282. The van der Waals surface area contributed by atoms with Crippen LogP contribution in [-0.2, 0) is 5.54 Å². The number of nitrogens with one attached hydrogen (secondary N) is 1. The maximum Gasteiger partial charge on any atom is 0.0668 e. The molecule has 1 aliphatic rings. The lowest BCUT2D eigenvalue weighted by Gasteiger charge is -2.35. The Kier molecular flexibility index (Phi) is 4.82. The number of halogens is 1. The summed E-state index contributed by atoms with van der Waals surface area (Å²) in [5.74, 6) is 0. The van der Waals surface area contributed by atoms with Gasteiger partial charge in [-0.15, -0.1) is 0 Å². The van der Waals surface area contributed by atoms with Crippen molar-refractivity contribution in [3.8, 4) is 0 Å². The Morgan fingerprint density at radius 1 is 1.28 bits per heavy atom. The van der Waals surface area contributed by atoms with Crippen molar-refractivity contribution in [1.82, 2.24) is 5.32 Å². The van der Waals surface area contributed by atoms with Gasteiger partial charge in [0.2, 0.25) is 0 Å². The summed E-state index contributed by atoms with van der Waals surface area (Å²) >= 11 is 3.46. The van der Waals surface area contributed by atoms with Crippen molar-refractivity contribution >= 4 is 15.9 Å². The van der Waals surface area contributed by atoms with Gasteiger partial charge in [0.25, 0.3) is 0 Å². The van der Waals surface area contributed by atoms with Crippen LogP contribution in [0.3, 0.4) is 0 Å². The van der Waals surface area contributed by atoms with Crippen LogP contribution in [0.1, 0.15) is 44.6 Å². The third-order valence-corrected chi connectivity index (χ3v) is 4.63. The van der Waals surface area contributed by atoms with Crippen LogP contribution >= 0.6 is 15.9 Å². The van der Waals surface area contributed by atoms with Gasteiger partial charge in [-0.2, -0.15) is 0 Å². The number of benzene rings is 1. The monoisotopic (exact) mass is 311 g/mol. The number of rotatable bonds is 5. The largest absolute Gasteiger partial charge is 0.394 e. The molecule has 0 aromatic heterocycles. The van der Waals surface area contributed by atoms with E-state index in [2.05, 4.69) is 40.3 Å². The molecule has 1 aromatic rings. The van der Waals surface area contributed by atoms with Crippen molar-refractivity contribution in [2.24, 2.45) is 0 Å². The lowest BCUT2D eigenvalue weighted by molar-refractivity contribution is 0.142. The van der Waals surface area contributed by atoms with E-state index in [1.807, 2.05) is 12.1 Å². The zero-order valence-electron chi connectivity index (χ0n) is 11.0. The molecule has 0 amide bonds. The molecule has 100 valence electrons. The van der Waals surface area contributed by atoms with Crippen molar-refractivity contribution in [1.29, 1.82) is 0 Å². The van der Waals surface area contributed by atoms with E-state index < -0.39 is 0 Å². The van der Waals surface area contributed by atoms with Crippen molar-refractivity contribution in [3.05, 3.63) is 34.3 Å². The predicted molar refractivity (Wildman–Crippen MR) is 78.6 cm³/mol. The van der Waals surface area contributed by atoms with Gasteiger partial charge in [-0.3, -0.25) is 0 Å². The van der Waals surface area contributed by atoms with Crippen LogP contribution in [0.5, 0.6) is 0 Å². The Hall–Kier alpha value is -0.380. The molecule has 3 heteroatoms. The Balaban J connectivity index is 2.21. The Morgan fingerprint density at radius 2 is 1.89 bits per heavy atom. The summed E-state index contributed by atoms with van der Waals surface area (Å²) in [7, 11) is 0. The molecule has 1 saturated carbocycles. The fraction of sp³-hybridized carbons (Fsp3) is 0.600. The summed E-state index contributed by atoms with van der Waals surface area (Å²) in [6.45, 7) is 2.29. The van der Waals surface area contributed by atoms with Crippen molar-refractivity contribution in [2.75, 3.05) is 6.61 Å². The molecule has 1 aromatic carbocycles. The van der Waals surface area contributed by atoms with Crippen LogP contribution in [-0.4, -0.2) is 17.8 Å². The Morgan fingerprint density at radius 3 is 2.39 bits per heavy atom. The average molecular weight is 312 g/mol. The topological polar surface area (TPSA) is 32.3 Å². The molecule has 0 bridgehead atoms. The highest BCUT2D eigenvalue weighted by atomic mass is 79.9. The summed E-state index contributed by atoms with van der Waals surface area (Å²) in [5, 5.41) is 13.6. The van der Waals surface area contributed by atoms with E-state index in [0.29, 0.717) is 6.04 Å². The summed E-state index contributed by atoms with van der Waals surface area (Å²) in [6.07, 6.45) is 5.99. The Bertz CT molecular complexity index is 367. The van der Waals surface area contributed by atoms with Gasteiger partial charge in [0.1, 0.15) is 0 Å². The zero-order valence-corrected chi connectivity index (χ0v) is 12.5. The minimum Gasteiger partial charge on any atom is -0.394 e. The number of hydrogen-bond acceptors (Lipinski definition) is 2. The summed E-state index contributed by atoms with van der Waals surface area (Å²) < 4.78 is 1.08. The van der Waals surface area contributed by atoms with Gasteiger partial charge in [0.05, 0.1) is 12.1 Å². The molecule has 1 unspecified atom stereocenters. The molecular formula is C15H22BrNO. The molecule has 0 heterocycles. The lowest BCUT2D eigenvalue weighted by atomic mass is 9.87. The minimum absolute atomic E-state index is 0.154. The number of aliphatic hydroxyl groups is 1. The van der Waals surface area contributed by atoms with Crippen molar-refractivity contribution in [3.63, 3.8) is 0 Å². The normalized spacial score (nSPS) is 19.9. The first-order chi connectivity index (χ1) is 8.70. The number of hydrogen-bond donors (Lipinski definition) is 2. The van der Waals surface area contributed by atoms with Gasteiger partial charge < -0.3 is 10.4 Å². The van der Waals surface area contributed by atoms with Crippen molar-refractivity contribution < 1.29 is 5.11 Å². The maximum atomic E-state index is 9.89. The zero-order chi connectivity index (χ0) is 13.0. The van der Waals surface area contributed by atoms with Gasteiger partial charge in [0, 0.05) is 10.5 Å². The highest BCUT2D eigenvalue weighted by Gasteiger charge is 2.32. The molecule has 18 heavy (non-hydrogen) atoms. The van der Waals surface area contributed by atoms with Gasteiger partial charge in [-0.1, -0.05) is 47.8 Å². The summed E-state index contributed by atoms with van der Waals surface area (Å²) in [6, 6.07) is 8.86. The molecule has 2 nitrogen and oxygen atoms in total. The molecule has 1 atom stereocenters. The molecule has 2 N–H and O–H groups in total. The van der Waals surface area contributed by atoms with E-state index >= 15 is 0 Å². The second kappa shape index (κ2) is 6.18. The second-order valence-corrected chi connectivity index (χ2v) is 6.14. The van der Waals surface area contributed by atoms with Gasteiger partial charge in [-0.05, 0) is 37.0 Å². The third-order valence-electron chi connectivity index (χ3n) is 4.11. The first-order valence-electron chi connectivity index (χ1n) is 6.85. The molecular weight excluding hydrogens is 290 g/mol. The lowest BCUT2D eigenvalue weighted by Crippen LogP contribution is -2.49. The van der Waals surface area contributed by atoms with E-state index in [4.69, 9.17) is 0 Å². The van der Waals surface area contributed by atoms with E-state index in [-0.39, 0.29) is 12.1 Å². The van der Waals surface area contributed by atoms with Gasteiger partial charge in [0.15, 0.2) is 0 Å². The van der Waals surface area contributed by atoms with E-state index in [1.54, 1.807) is 0 Å². The predicted octanol–water partition coefficient (Wildman–Crippen LogP) is 3.58. The highest BCUT2D eigenvalue weighted by molar-refractivity contribution is 9.10. The summed E-state index contributed by atoms with van der Waals surface area (Å²) in [5.41, 5.74) is 0.901. The van der Waals surface area contributed by atoms with Gasteiger partial charge in [-0.25, -0.2) is 0 Å². The summed E-state index contributed by atoms with van der Waals surface area (Å²) in [4.78, 5) is 0. The maximum absolute atomic E-state index is 9.89. The van der Waals surface area contributed by atoms with Crippen molar-refractivity contribution in [2.45, 2.75) is 50.6 Å². The van der Waals surface area contributed by atoms with Crippen LogP contribution in [0.4, 0.5) is 0 Å². The van der Waals surface area contributed by atoms with Crippen LogP contribution in [0.15, 0.2) is 28.7 Å². The fourth-order valence-corrected chi connectivity index (χ4v) is 3.13. The fourth-order valence-electron chi connectivity index (χ4n) is 2.87. The molecule has 2 rings (SSSR count). The van der Waals surface area contributed by atoms with Gasteiger partial charge >= 0.3 is 0 Å². The first kappa shape index (κ1) is 14.0. The van der Waals surface area contributed by atoms with E-state index in [0.717, 1.165) is 10.9 Å². The Labute approximate surface area is 118 Å². The SMILES string of the molecule is CCC(CO)(NC1CCCC1)c1ccc(Br)cc1. The quantitative estimate of drug-likeness (QED) is 0.871. The van der Waals surface area contributed by atoms with E-state index in [9.17, 15) is 5.11 Å². The molecule has 0 radical (unpaired) electrons. The smallest absolute Gasteiger partial charge is 0.0668 e.